The molecule has 3 amide bonds. The zero-order valence-corrected chi connectivity index (χ0v) is 25.9. The lowest BCUT2D eigenvalue weighted by Crippen LogP contribution is -2.37. The molecule has 2 heterocycles. The van der Waals surface area contributed by atoms with Gasteiger partial charge in [-0.05, 0) is 70.9 Å². The molecule has 2 aromatic heterocycles. The second-order valence-corrected chi connectivity index (χ2v) is 10.7. The van der Waals surface area contributed by atoms with Crippen molar-refractivity contribution in [3.8, 4) is 5.75 Å². The molecule has 0 fully saturated rings. The van der Waals surface area contributed by atoms with Gasteiger partial charge in [0.2, 0.25) is 17.7 Å². The van der Waals surface area contributed by atoms with E-state index in [0.717, 1.165) is 10.3 Å². The van der Waals surface area contributed by atoms with Crippen molar-refractivity contribution >= 4 is 80.0 Å². The van der Waals surface area contributed by atoms with Gasteiger partial charge >= 0.3 is 0 Å². The first kappa shape index (κ1) is 31.0. The van der Waals surface area contributed by atoms with Crippen LogP contribution in [0, 0.1) is 6.92 Å². The summed E-state index contributed by atoms with van der Waals surface area (Å²) >= 11 is 16.6. The molecule has 0 radical (unpaired) electrons. The van der Waals surface area contributed by atoms with Crippen LogP contribution in [0.4, 0.5) is 11.4 Å². The van der Waals surface area contributed by atoms with Crippen LogP contribution < -0.4 is 20.0 Å². The third-order valence-corrected chi connectivity index (χ3v) is 8.00. The first-order chi connectivity index (χ1) is 20.0. The molecule has 218 valence electrons. The number of hydrogen-bond donors (Lipinski definition) is 2. The average Bonchev–Trinajstić information content (AvgIpc) is 3.27. The molecule has 0 spiro atoms. The van der Waals surface area contributed by atoms with Crippen LogP contribution in [0.2, 0.25) is 10.0 Å². The van der Waals surface area contributed by atoms with E-state index < -0.39 is 17.7 Å². The molecule has 0 aliphatic heterocycles. The highest BCUT2D eigenvalue weighted by Gasteiger charge is 2.20. The molecule has 4 aromatic rings. The van der Waals surface area contributed by atoms with Crippen LogP contribution in [0.1, 0.15) is 23.7 Å². The van der Waals surface area contributed by atoms with E-state index in [4.69, 9.17) is 27.9 Å². The van der Waals surface area contributed by atoms with Gasteiger partial charge in [0.15, 0.2) is 11.4 Å². The van der Waals surface area contributed by atoms with E-state index in [9.17, 15) is 19.6 Å². The van der Waals surface area contributed by atoms with Gasteiger partial charge in [-0.15, -0.1) is 0 Å². The van der Waals surface area contributed by atoms with Crippen molar-refractivity contribution in [1.29, 1.82) is 0 Å². The highest BCUT2D eigenvalue weighted by Crippen LogP contribution is 2.35. The minimum Gasteiger partial charge on any atom is -0.485 e. The van der Waals surface area contributed by atoms with Gasteiger partial charge in [-0.25, -0.2) is 4.98 Å². The fourth-order valence-electron chi connectivity index (χ4n) is 3.92. The van der Waals surface area contributed by atoms with Crippen LogP contribution in [-0.4, -0.2) is 45.9 Å². The number of anilines is 2. The monoisotopic (exact) mass is 673 g/mol. The van der Waals surface area contributed by atoms with Gasteiger partial charge in [0.25, 0.3) is 0 Å². The number of amides is 3. The molecular formula is C29H26BrCl2N5O5. The van der Waals surface area contributed by atoms with Crippen molar-refractivity contribution in [2.75, 3.05) is 23.6 Å². The topological polar surface area (TPSA) is 116 Å². The molecule has 10 nitrogen and oxygen atoms in total. The Morgan fingerprint density at radius 2 is 1.86 bits per heavy atom. The standard InChI is InChI=1S/C29H26BrCl2N5O5/c1-17-28(30)36-14-4-5-24(29(36)34-17)42-16-21-22(31)11-12-23(27(21)32)35(3)26(40)15-33-25(39)13-8-19-6-9-20(10-7-19)37(41)18(2)38/h4-14,41H,15-16H2,1-3H3,(H,33,39). The number of carbonyl (C=O) groups excluding carboxylic acids is 3. The summed E-state index contributed by atoms with van der Waals surface area (Å²) < 4.78 is 8.71. The average molecular weight is 675 g/mol. The van der Waals surface area contributed by atoms with Crippen LogP contribution >= 0.6 is 39.1 Å². The van der Waals surface area contributed by atoms with Gasteiger partial charge in [-0.1, -0.05) is 35.3 Å². The Hall–Kier alpha value is -3.90. The Labute approximate surface area is 260 Å². The molecule has 0 saturated heterocycles. The maximum atomic E-state index is 12.9. The number of aromatic nitrogens is 2. The van der Waals surface area contributed by atoms with E-state index in [1.807, 2.05) is 23.6 Å². The molecule has 42 heavy (non-hydrogen) atoms. The summed E-state index contributed by atoms with van der Waals surface area (Å²) in [5, 5.41) is 13.3. The van der Waals surface area contributed by atoms with Crippen molar-refractivity contribution in [2.24, 2.45) is 0 Å². The lowest BCUT2D eigenvalue weighted by Gasteiger charge is -2.21. The number of halogens is 3. The zero-order valence-electron chi connectivity index (χ0n) is 22.8. The van der Waals surface area contributed by atoms with Crippen LogP contribution in [0.15, 0.2) is 65.4 Å². The number of hydroxylamine groups is 1. The lowest BCUT2D eigenvalue weighted by atomic mass is 10.2. The number of nitrogens with zero attached hydrogens (tertiary/aromatic N) is 4. The molecule has 0 saturated carbocycles. The van der Waals surface area contributed by atoms with E-state index in [0.29, 0.717) is 44.0 Å². The molecule has 0 unspecified atom stereocenters. The highest BCUT2D eigenvalue weighted by atomic mass is 79.9. The van der Waals surface area contributed by atoms with Crippen molar-refractivity contribution in [3.05, 3.63) is 92.3 Å². The number of rotatable bonds is 9. The maximum absolute atomic E-state index is 12.9. The van der Waals surface area contributed by atoms with Crippen molar-refractivity contribution < 1.29 is 24.3 Å². The van der Waals surface area contributed by atoms with Crippen LogP contribution in [0.25, 0.3) is 11.7 Å². The third-order valence-electron chi connectivity index (χ3n) is 6.27. The Morgan fingerprint density at radius 1 is 1.14 bits per heavy atom. The van der Waals surface area contributed by atoms with Crippen LogP contribution in [-0.2, 0) is 21.0 Å². The molecular weight excluding hydrogens is 649 g/mol. The Bertz CT molecular complexity index is 1690. The zero-order chi connectivity index (χ0) is 30.6. The van der Waals surface area contributed by atoms with Crippen molar-refractivity contribution in [3.63, 3.8) is 0 Å². The van der Waals surface area contributed by atoms with E-state index >= 15 is 0 Å². The molecule has 2 N–H and O–H groups in total. The maximum Gasteiger partial charge on any atom is 0.247 e. The predicted molar refractivity (Wildman–Crippen MR) is 165 cm³/mol. The van der Waals surface area contributed by atoms with E-state index in [1.54, 1.807) is 37.4 Å². The largest absolute Gasteiger partial charge is 0.485 e. The summed E-state index contributed by atoms with van der Waals surface area (Å²) in [5.41, 5.74) is 3.28. The smallest absolute Gasteiger partial charge is 0.247 e. The number of hydrogen-bond acceptors (Lipinski definition) is 6. The minimum absolute atomic E-state index is 0.0321. The summed E-state index contributed by atoms with van der Waals surface area (Å²) in [4.78, 5) is 42.3. The number of benzene rings is 2. The van der Waals surface area contributed by atoms with Crippen molar-refractivity contribution in [1.82, 2.24) is 14.7 Å². The van der Waals surface area contributed by atoms with Gasteiger partial charge in [0.05, 0.1) is 28.6 Å². The number of imidazole rings is 1. The summed E-state index contributed by atoms with van der Waals surface area (Å²) in [6.45, 7) is 2.86. The number of fused-ring (bicyclic) bond motifs is 1. The van der Waals surface area contributed by atoms with E-state index in [1.165, 1.54) is 36.1 Å². The van der Waals surface area contributed by atoms with Gasteiger partial charge in [0, 0.05) is 36.8 Å². The lowest BCUT2D eigenvalue weighted by molar-refractivity contribution is -0.122. The summed E-state index contributed by atoms with van der Waals surface area (Å²) in [6, 6.07) is 13.2. The van der Waals surface area contributed by atoms with Crippen molar-refractivity contribution in [2.45, 2.75) is 20.5 Å². The fourth-order valence-corrected chi connectivity index (χ4v) is 4.90. The second-order valence-electron chi connectivity index (χ2n) is 9.13. The minimum atomic E-state index is -0.524. The number of pyridine rings is 1. The molecule has 0 aliphatic rings. The number of aryl methyl sites for hydroxylation is 1. The summed E-state index contributed by atoms with van der Waals surface area (Å²) in [6.07, 6.45) is 4.67. The molecule has 0 atom stereocenters. The number of likely N-dealkylation sites (N-methyl/N-ethyl adjacent to an activating group) is 1. The highest BCUT2D eigenvalue weighted by molar-refractivity contribution is 9.10. The first-order valence-electron chi connectivity index (χ1n) is 12.5. The van der Waals surface area contributed by atoms with E-state index in [2.05, 4.69) is 26.2 Å². The SMILES string of the molecule is CC(=O)N(O)c1ccc(C=CC(=O)NCC(=O)N(C)c2ccc(Cl)c(COc3cccn4c(Br)c(C)nc34)c2Cl)cc1. The Balaban J connectivity index is 1.38. The quantitative estimate of drug-likeness (QED) is 0.131. The molecule has 0 bridgehead atoms. The van der Waals surface area contributed by atoms with Crippen LogP contribution in [0.3, 0.4) is 0 Å². The summed E-state index contributed by atoms with van der Waals surface area (Å²) in [7, 11) is 1.54. The van der Waals surface area contributed by atoms with E-state index in [-0.39, 0.29) is 18.2 Å². The summed E-state index contributed by atoms with van der Waals surface area (Å²) in [5.74, 6) is -0.887. The molecule has 13 heteroatoms. The molecule has 0 aliphatic carbocycles. The number of nitrogens with one attached hydrogen (secondary N) is 1. The van der Waals surface area contributed by atoms with Gasteiger partial charge < -0.3 is 15.0 Å². The predicted octanol–water partition coefficient (Wildman–Crippen LogP) is 5.83. The Kier molecular flexibility index (Phi) is 9.89. The number of carbonyl (C=O) groups is 3. The third kappa shape index (κ3) is 6.93. The normalized spacial score (nSPS) is 11.1. The Morgan fingerprint density at radius 3 is 2.55 bits per heavy atom. The number of ether oxygens (including phenoxy) is 1. The second kappa shape index (κ2) is 13.4. The molecule has 4 rings (SSSR count). The fraction of sp³-hybridized carbons (Fsp3) is 0.172. The van der Waals surface area contributed by atoms with Crippen LogP contribution in [0.5, 0.6) is 5.75 Å². The van der Waals surface area contributed by atoms with Gasteiger partial charge in [-0.2, -0.15) is 5.06 Å². The first-order valence-corrected chi connectivity index (χ1v) is 14.1. The van der Waals surface area contributed by atoms with Gasteiger partial charge in [-0.3, -0.25) is 24.0 Å². The molecule has 2 aromatic carbocycles. The van der Waals surface area contributed by atoms with Gasteiger partial charge in [0.1, 0.15) is 11.2 Å².